The van der Waals surface area contributed by atoms with E-state index < -0.39 is 0 Å². The summed E-state index contributed by atoms with van der Waals surface area (Å²) in [6.07, 6.45) is 1.23. The Morgan fingerprint density at radius 1 is 1.04 bits per heavy atom. The Morgan fingerprint density at radius 2 is 1.69 bits per heavy atom. The second-order valence-corrected chi connectivity index (χ2v) is 6.46. The highest BCUT2D eigenvalue weighted by Gasteiger charge is 2.26. The Labute approximate surface area is 156 Å². The quantitative estimate of drug-likeness (QED) is 0.860. The average Bonchev–Trinajstić information content (AvgIpc) is 3.02. The molecule has 0 aromatic heterocycles. The first-order valence-corrected chi connectivity index (χ1v) is 8.61. The molecule has 1 heterocycles. The van der Waals surface area contributed by atoms with Crippen molar-refractivity contribution in [3.63, 3.8) is 0 Å². The molecule has 1 saturated heterocycles. The lowest BCUT2D eigenvalue weighted by atomic mass is 10.1. The smallest absolute Gasteiger partial charge is 0.257 e. The van der Waals surface area contributed by atoms with Gasteiger partial charge in [-0.2, -0.15) is 0 Å². The summed E-state index contributed by atoms with van der Waals surface area (Å²) in [5.41, 5.74) is 2.13. The van der Waals surface area contributed by atoms with E-state index in [9.17, 15) is 14.4 Å². The van der Waals surface area contributed by atoms with Gasteiger partial charge in [0, 0.05) is 36.3 Å². The molecule has 0 saturated carbocycles. The van der Waals surface area contributed by atoms with Gasteiger partial charge in [0.2, 0.25) is 11.8 Å². The lowest BCUT2D eigenvalue weighted by Gasteiger charge is -2.20. The van der Waals surface area contributed by atoms with Crippen LogP contribution in [0.2, 0.25) is 5.02 Å². The highest BCUT2D eigenvalue weighted by molar-refractivity contribution is 6.31. The summed E-state index contributed by atoms with van der Waals surface area (Å²) in [5.74, 6) is -0.507. The molecular weight excluding hydrogens is 354 g/mol. The van der Waals surface area contributed by atoms with Crippen LogP contribution in [0.5, 0.6) is 0 Å². The Hall–Kier alpha value is -2.86. The van der Waals surface area contributed by atoms with Crippen molar-refractivity contribution in [2.45, 2.75) is 19.8 Å². The molecule has 0 spiro atoms. The van der Waals surface area contributed by atoms with Crippen molar-refractivity contribution in [3.05, 3.63) is 53.1 Å². The second-order valence-electron chi connectivity index (χ2n) is 6.02. The molecule has 6 nitrogen and oxygen atoms in total. The SMILES string of the molecule is CC(=O)Nc1ccc(NC(=O)c2ccc(Cl)cc2N2CCCC2=O)cc1. The number of amides is 3. The predicted molar refractivity (Wildman–Crippen MR) is 102 cm³/mol. The van der Waals surface area contributed by atoms with E-state index in [0.29, 0.717) is 40.6 Å². The number of benzene rings is 2. The first-order valence-electron chi connectivity index (χ1n) is 8.23. The summed E-state index contributed by atoms with van der Waals surface area (Å²) >= 11 is 6.06. The highest BCUT2D eigenvalue weighted by atomic mass is 35.5. The fraction of sp³-hybridized carbons (Fsp3) is 0.211. The molecule has 0 radical (unpaired) electrons. The Balaban J connectivity index is 1.81. The highest BCUT2D eigenvalue weighted by Crippen LogP contribution is 2.29. The zero-order valence-corrected chi connectivity index (χ0v) is 15.0. The number of hydrogen-bond donors (Lipinski definition) is 2. The third-order valence-corrected chi connectivity index (χ3v) is 4.27. The molecule has 2 aromatic rings. The van der Waals surface area contributed by atoms with Crippen LogP contribution in [0.1, 0.15) is 30.1 Å². The van der Waals surface area contributed by atoms with Crippen molar-refractivity contribution in [1.29, 1.82) is 0 Å². The Kier molecular flexibility index (Phi) is 5.23. The molecule has 1 aliphatic heterocycles. The second kappa shape index (κ2) is 7.58. The van der Waals surface area contributed by atoms with Crippen molar-refractivity contribution in [1.82, 2.24) is 0 Å². The van der Waals surface area contributed by atoms with Crippen LogP contribution in [-0.4, -0.2) is 24.3 Å². The molecule has 0 bridgehead atoms. The topological polar surface area (TPSA) is 78.5 Å². The zero-order chi connectivity index (χ0) is 18.7. The van der Waals surface area contributed by atoms with Gasteiger partial charge >= 0.3 is 0 Å². The van der Waals surface area contributed by atoms with E-state index in [0.717, 1.165) is 6.42 Å². The third-order valence-electron chi connectivity index (χ3n) is 4.03. The molecule has 134 valence electrons. The van der Waals surface area contributed by atoms with Gasteiger partial charge in [0.1, 0.15) is 0 Å². The number of nitrogens with one attached hydrogen (secondary N) is 2. The molecule has 26 heavy (non-hydrogen) atoms. The molecule has 0 unspecified atom stereocenters. The van der Waals surface area contributed by atoms with Gasteiger partial charge in [-0.1, -0.05) is 11.6 Å². The van der Waals surface area contributed by atoms with Crippen LogP contribution in [0, 0.1) is 0 Å². The van der Waals surface area contributed by atoms with E-state index in [2.05, 4.69) is 10.6 Å². The van der Waals surface area contributed by atoms with E-state index in [1.807, 2.05) is 0 Å². The number of carbonyl (C=O) groups excluding carboxylic acids is 3. The molecule has 2 N–H and O–H groups in total. The minimum atomic E-state index is -0.330. The maximum Gasteiger partial charge on any atom is 0.257 e. The van der Waals surface area contributed by atoms with Crippen LogP contribution in [0.3, 0.4) is 0 Å². The van der Waals surface area contributed by atoms with Gasteiger partial charge in [-0.15, -0.1) is 0 Å². The van der Waals surface area contributed by atoms with Crippen LogP contribution in [0.15, 0.2) is 42.5 Å². The lowest BCUT2D eigenvalue weighted by molar-refractivity contribution is -0.117. The first kappa shape index (κ1) is 17.9. The number of carbonyl (C=O) groups is 3. The van der Waals surface area contributed by atoms with Crippen LogP contribution in [0.4, 0.5) is 17.1 Å². The normalized spacial score (nSPS) is 13.6. The molecule has 2 aromatic carbocycles. The first-order chi connectivity index (χ1) is 12.4. The summed E-state index contributed by atoms with van der Waals surface area (Å²) < 4.78 is 0. The van der Waals surface area contributed by atoms with E-state index in [4.69, 9.17) is 11.6 Å². The zero-order valence-electron chi connectivity index (χ0n) is 14.2. The minimum Gasteiger partial charge on any atom is -0.326 e. The van der Waals surface area contributed by atoms with Crippen LogP contribution in [-0.2, 0) is 9.59 Å². The molecule has 0 atom stereocenters. The maximum atomic E-state index is 12.7. The Bertz CT molecular complexity index is 865. The van der Waals surface area contributed by atoms with E-state index in [-0.39, 0.29) is 17.7 Å². The number of rotatable bonds is 4. The fourth-order valence-electron chi connectivity index (χ4n) is 2.86. The third kappa shape index (κ3) is 4.03. The summed E-state index contributed by atoms with van der Waals surface area (Å²) in [5, 5.41) is 5.94. The molecule has 1 aliphatic rings. The fourth-order valence-corrected chi connectivity index (χ4v) is 3.03. The molecule has 7 heteroatoms. The average molecular weight is 372 g/mol. The number of anilines is 3. The van der Waals surface area contributed by atoms with Crippen molar-refractivity contribution in [2.75, 3.05) is 22.1 Å². The molecule has 0 aliphatic carbocycles. The van der Waals surface area contributed by atoms with Crippen molar-refractivity contribution >= 4 is 46.4 Å². The van der Waals surface area contributed by atoms with Crippen molar-refractivity contribution in [2.24, 2.45) is 0 Å². The minimum absolute atomic E-state index is 0.0130. The van der Waals surface area contributed by atoms with Gasteiger partial charge in [0.25, 0.3) is 5.91 Å². The molecule has 1 fully saturated rings. The van der Waals surface area contributed by atoms with Gasteiger partial charge in [-0.3, -0.25) is 14.4 Å². The van der Waals surface area contributed by atoms with Gasteiger partial charge in [-0.05, 0) is 48.9 Å². The van der Waals surface area contributed by atoms with Gasteiger partial charge in [0.05, 0.1) is 11.3 Å². The summed E-state index contributed by atoms with van der Waals surface area (Å²) in [6, 6.07) is 11.7. The monoisotopic (exact) mass is 371 g/mol. The van der Waals surface area contributed by atoms with Gasteiger partial charge in [0.15, 0.2) is 0 Å². The molecule has 3 rings (SSSR count). The van der Waals surface area contributed by atoms with E-state index in [1.54, 1.807) is 47.4 Å². The van der Waals surface area contributed by atoms with E-state index in [1.165, 1.54) is 6.92 Å². The standard InChI is InChI=1S/C19H18ClN3O3/c1-12(24)21-14-5-7-15(8-6-14)22-19(26)16-9-4-13(20)11-17(16)23-10-2-3-18(23)25/h4-9,11H,2-3,10H2,1H3,(H,21,24)(H,22,26). The number of halogens is 1. The van der Waals surface area contributed by atoms with Gasteiger partial charge in [-0.25, -0.2) is 0 Å². The summed E-state index contributed by atoms with van der Waals surface area (Å²) in [7, 11) is 0. The number of nitrogens with zero attached hydrogens (tertiary/aromatic N) is 1. The van der Waals surface area contributed by atoms with Crippen molar-refractivity contribution in [3.8, 4) is 0 Å². The largest absolute Gasteiger partial charge is 0.326 e. The van der Waals surface area contributed by atoms with Crippen LogP contribution < -0.4 is 15.5 Å². The maximum absolute atomic E-state index is 12.7. The molecule has 3 amide bonds. The number of hydrogen-bond acceptors (Lipinski definition) is 3. The Morgan fingerprint density at radius 3 is 2.27 bits per heavy atom. The summed E-state index contributed by atoms with van der Waals surface area (Å²) in [6.45, 7) is 2.00. The van der Waals surface area contributed by atoms with Crippen LogP contribution >= 0.6 is 11.6 Å². The van der Waals surface area contributed by atoms with Gasteiger partial charge < -0.3 is 15.5 Å². The molecular formula is C19H18ClN3O3. The summed E-state index contributed by atoms with van der Waals surface area (Å²) in [4.78, 5) is 37.4. The lowest BCUT2D eigenvalue weighted by Crippen LogP contribution is -2.27. The van der Waals surface area contributed by atoms with Crippen molar-refractivity contribution < 1.29 is 14.4 Å². The predicted octanol–water partition coefficient (Wildman–Crippen LogP) is 3.68. The van der Waals surface area contributed by atoms with E-state index >= 15 is 0 Å². The van der Waals surface area contributed by atoms with Crippen LogP contribution in [0.25, 0.3) is 0 Å².